The van der Waals surface area contributed by atoms with Crippen LogP contribution in [0.4, 0.5) is 14.5 Å². The molecule has 0 aliphatic rings. The molecule has 0 radical (unpaired) electrons. The zero-order valence-corrected chi connectivity index (χ0v) is 12.5. The molecule has 2 aromatic carbocycles. The number of nitrogens with one attached hydrogen (secondary N) is 2. The summed E-state index contributed by atoms with van der Waals surface area (Å²) < 4.78 is 26.2. The third kappa shape index (κ3) is 4.61. The molecule has 2 rings (SSSR count). The second-order valence-electron chi connectivity index (χ2n) is 4.87. The van der Waals surface area contributed by atoms with Crippen molar-refractivity contribution in [3.8, 4) is 6.07 Å². The second-order valence-corrected chi connectivity index (χ2v) is 4.87. The summed E-state index contributed by atoms with van der Waals surface area (Å²) >= 11 is 0. The first-order valence-corrected chi connectivity index (χ1v) is 7.03. The van der Waals surface area contributed by atoms with Crippen molar-refractivity contribution in [2.75, 3.05) is 11.9 Å². The van der Waals surface area contributed by atoms with E-state index in [0.29, 0.717) is 17.3 Å². The van der Waals surface area contributed by atoms with E-state index in [1.807, 2.05) is 6.07 Å². The lowest BCUT2D eigenvalue weighted by atomic mass is 10.2. The topological polar surface area (TPSA) is 82.0 Å². The van der Waals surface area contributed by atoms with Gasteiger partial charge in [0.2, 0.25) is 5.91 Å². The number of benzene rings is 2. The minimum absolute atomic E-state index is 0.0145. The number of carbonyl (C=O) groups is 2. The first kappa shape index (κ1) is 17.1. The Hall–Kier alpha value is -3.27. The molecule has 7 heteroatoms. The molecule has 2 aromatic rings. The summed E-state index contributed by atoms with van der Waals surface area (Å²) in [4.78, 5) is 23.5. The fourth-order valence-electron chi connectivity index (χ4n) is 1.95. The molecular formula is C17H13F2N3O2. The van der Waals surface area contributed by atoms with Gasteiger partial charge in [-0.2, -0.15) is 5.26 Å². The molecule has 5 nitrogen and oxygen atoms in total. The predicted octanol–water partition coefficient (Wildman–Crippen LogP) is 2.60. The normalized spacial score (nSPS) is 9.88. The molecule has 24 heavy (non-hydrogen) atoms. The Bertz CT molecular complexity index is 816. The van der Waals surface area contributed by atoms with Crippen LogP contribution in [0.15, 0.2) is 42.5 Å². The van der Waals surface area contributed by atoms with Crippen molar-refractivity contribution in [3.05, 3.63) is 65.2 Å². The maximum atomic E-state index is 13.4. The van der Waals surface area contributed by atoms with E-state index in [1.165, 1.54) is 6.07 Å². The Morgan fingerprint density at radius 1 is 1.12 bits per heavy atom. The Morgan fingerprint density at radius 3 is 2.62 bits per heavy atom. The summed E-state index contributed by atoms with van der Waals surface area (Å²) in [6, 6.07) is 11.0. The van der Waals surface area contributed by atoms with Gasteiger partial charge in [-0.05, 0) is 30.3 Å². The van der Waals surface area contributed by atoms with Crippen molar-refractivity contribution in [2.24, 2.45) is 0 Å². The van der Waals surface area contributed by atoms with E-state index in [4.69, 9.17) is 5.26 Å². The number of anilines is 1. The summed E-state index contributed by atoms with van der Waals surface area (Å²) in [5, 5.41) is 13.8. The number of nitriles is 1. The van der Waals surface area contributed by atoms with E-state index in [-0.39, 0.29) is 24.4 Å². The largest absolute Gasteiger partial charge is 0.351 e. The number of halogens is 2. The van der Waals surface area contributed by atoms with Crippen molar-refractivity contribution >= 4 is 17.5 Å². The van der Waals surface area contributed by atoms with E-state index in [1.54, 1.807) is 18.2 Å². The van der Waals surface area contributed by atoms with Crippen LogP contribution in [0.1, 0.15) is 22.3 Å². The number of amides is 2. The first-order valence-electron chi connectivity index (χ1n) is 7.03. The van der Waals surface area contributed by atoms with E-state index in [9.17, 15) is 18.4 Å². The quantitative estimate of drug-likeness (QED) is 0.884. The van der Waals surface area contributed by atoms with E-state index in [0.717, 1.165) is 12.1 Å². The van der Waals surface area contributed by atoms with Gasteiger partial charge < -0.3 is 10.6 Å². The van der Waals surface area contributed by atoms with Crippen molar-refractivity contribution in [3.63, 3.8) is 0 Å². The lowest BCUT2D eigenvalue weighted by Gasteiger charge is -2.07. The minimum Gasteiger partial charge on any atom is -0.351 e. The van der Waals surface area contributed by atoms with Gasteiger partial charge in [-0.15, -0.1) is 0 Å². The van der Waals surface area contributed by atoms with Crippen molar-refractivity contribution in [2.45, 2.75) is 6.42 Å². The Balaban J connectivity index is 1.84. The summed E-state index contributed by atoms with van der Waals surface area (Å²) in [6.45, 7) is -0.0145. The van der Waals surface area contributed by atoms with Crippen LogP contribution in [-0.2, 0) is 4.79 Å². The van der Waals surface area contributed by atoms with Crippen LogP contribution in [0, 0.1) is 23.0 Å². The van der Waals surface area contributed by atoms with Crippen molar-refractivity contribution < 1.29 is 18.4 Å². The molecule has 0 unspecified atom stereocenters. The van der Waals surface area contributed by atoms with Crippen molar-refractivity contribution in [1.82, 2.24) is 5.32 Å². The number of hydrogen-bond acceptors (Lipinski definition) is 3. The maximum Gasteiger partial charge on any atom is 0.254 e. The van der Waals surface area contributed by atoms with Crippen LogP contribution in [0.5, 0.6) is 0 Å². The smallest absolute Gasteiger partial charge is 0.254 e. The van der Waals surface area contributed by atoms with Gasteiger partial charge >= 0.3 is 0 Å². The van der Waals surface area contributed by atoms with Crippen LogP contribution in [0.3, 0.4) is 0 Å². The lowest BCUT2D eigenvalue weighted by molar-refractivity contribution is -0.116. The van der Waals surface area contributed by atoms with Crippen LogP contribution in [-0.4, -0.2) is 18.4 Å². The summed E-state index contributed by atoms with van der Waals surface area (Å²) in [5.41, 5.74) is 0.585. The number of nitrogens with zero attached hydrogens (tertiary/aromatic N) is 1. The highest BCUT2D eigenvalue weighted by molar-refractivity contribution is 5.95. The van der Waals surface area contributed by atoms with Gasteiger partial charge in [0.15, 0.2) is 0 Å². The van der Waals surface area contributed by atoms with E-state index < -0.39 is 17.5 Å². The van der Waals surface area contributed by atoms with Crippen LogP contribution in [0.2, 0.25) is 0 Å². The standard InChI is InChI=1S/C17H13F2N3O2/c18-12-4-5-14(15(19)9-12)17(24)21-7-6-16(23)22-13-3-1-2-11(8-13)10-20/h1-5,8-9H,6-7H2,(H,21,24)(H,22,23). The van der Waals surface area contributed by atoms with Gasteiger partial charge in [-0.3, -0.25) is 9.59 Å². The summed E-state index contributed by atoms with van der Waals surface area (Å²) in [5.74, 6) is -2.84. The molecule has 0 saturated carbocycles. The average molecular weight is 329 g/mol. The average Bonchev–Trinajstić information content (AvgIpc) is 2.54. The zero-order valence-electron chi connectivity index (χ0n) is 12.5. The van der Waals surface area contributed by atoms with Gasteiger partial charge in [0, 0.05) is 24.7 Å². The SMILES string of the molecule is N#Cc1cccc(NC(=O)CCNC(=O)c2ccc(F)cc2F)c1. The molecule has 0 atom stereocenters. The van der Waals surface area contributed by atoms with E-state index in [2.05, 4.69) is 10.6 Å². The second kappa shape index (κ2) is 7.83. The van der Waals surface area contributed by atoms with Gasteiger partial charge in [0.1, 0.15) is 11.6 Å². The predicted molar refractivity (Wildman–Crippen MR) is 83.1 cm³/mol. The van der Waals surface area contributed by atoms with Gasteiger partial charge in [-0.25, -0.2) is 8.78 Å². The Labute approximate surface area is 136 Å². The molecule has 0 aromatic heterocycles. The third-order valence-electron chi connectivity index (χ3n) is 3.09. The Morgan fingerprint density at radius 2 is 1.92 bits per heavy atom. The molecule has 122 valence electrons. The van der Waals surface area contributed by atoms with Crippen LogP contribution >= 0.6 is 0 Å². The number of hydrogen-bond donors (Lipinski definition) is 2. The molecule has 0 heterocycles. The van der Waals surface area contributed by atoms with E-state index >= 15 is 0 Å². The Kier molecular flexibility index (Phi) is 5.58. The third-order valence-corrected chi connectivity index (χ3v) is 3.09. The molecule has 0 spiro atoms. The molecule has 0 saturated heterocycles. The molecule has 0 fully saturated rings. The monoisotopic (exact) mass is 329 g/mol. The lowest BCUT2D eigenvalue weighted by Crippen LogP contribution is -2.28. The molecule has 0 aliphatic carbocycles. The molecule has 0 bridgehead atoms. The highest BCUT2D eigenvalue weighted by Gasteiger charge is 2.12. The molecular weight excluding hydrogens is 316 g/mol. The highest BCUT2D eigenvalue weighted by atomic mass is 19.1. The van der Waals surface area contributed by atoms with Crippen molar-refractivity contribution in [1.29, 1.82) is 5.26 Å². The maximum absolute atomic E-state index is 13.4. The number of rotatable bonds is 5. The van der Waals surface area contributed by atoms with Crippen LogP contribution < -0.4 is 10.6 Å². The molecule has 2 N–H and O–H groups in total. The summed E-state index contributed by atoms with van der Waals surface area (Å²) in [6.07, 6.45) is -0.0364. The fourth-order valence-corrected chi connectivity index (χ4v) is 1.95. The van der Waals surface area contributed by atoms with Gasteiger partial charge in [-0.1, -0.05) is 6.07 Å². The van der Waals surface area contributed by atoms with Gasteiger partial charge in [0.25, 0.3) is 5.91 Å². The molecule has 2 amide bonds. The number of carbonyl (C=O) groups excluding carboxylic acids is 2. The van der Waals surface area contributed by atoms with Crippen LogP contribution in [0.25, 0.3) is 0 Å². The highest BCUT2D eigenvalue weighted by Crippen LogP contribution is 2.11. The zero-order chi connectivity index (χ0) is 17.5. The summed E-state index contributed by atoms with van der Waals surface area (Å²) in [7, 11) is 0. The minimum atomic E-state index is -0.967. The molecule has 0 aliphatic heterocycles. The van der Waals surface area contributed by atoms with Gasteiger partial charge in [0.05, 0.1) is 17.2 Å². The first-order chi connectivity index (χ1) is 11.5. The fraction of sp³-hybridized carbons (Fsp3) is 0.118.